The van der Waals surface area contributed by atoms with Crippen molar-refractivity contribution in [3.8, 4) is 0 Å². The number of nitrogens with one attached hydrogen (secondary N) is 1. The number of nitrogens with zero attached hydrogens (tertiary/aromatic N) is 1. The maximum absolute atomic E-state index is 15.5. The first-order valence-corrected chi connectivity index (χ1v) is 13.7. The quantitative estimate of drug-likeness (QED) is 0.563. The molecule has 1 aliphatic heterocycles. The van der Waals surface area contributed by atoms with Gasteiger partial charge in [0.2, 0.25) is 15.9 Å². The second-order valence-electron chi connectivity index (χ2n) is 10.5. The smallest absolute Gasteiger partial charge is 0.316 e. The lowest BCUT2D eigenvalue weighted by molar-refractivity contribution is -0.156. The number of sulfonamides is 1. The first kappa shape index (κ1) is 27.2. The molecule has 1 saturated heterocycles. The predicted octanol–water partition coefficient (Wildman–Crippen LogP) is 4.12. The topological polar surface area (TPSA) is 92.8 Å². The van der Waals surface area contributed by atoms with Crippen LogP contribution in [0.3, 0.4) is 0 Å². The maximum Gasteiger partial charge on any atom is 0.316 e. The van der Waals surface area contributed by atoms with Crippen molar-refractivity contribution in [2.24, 2.45) is 0 Å². The Morgan fingerprint density at radius 1 is 1.11 bits per heavy atom. The number of esters is 1. The van der Waals surface area contributed by atoms with Crippen LogP contribution in [0.2, 0.25) is 0 Å². The Bertz CT molecular complexity index is 1310. The second-order valence-corrected chi connectivity index (χ2v) is 12.6. The summed E-state index contributed by atoms with van der Waals surface area (Å²) in [4.78, 5) is 24.3. The lowest BCUT2D eigenvalue weighted by Gasteiger charge is -2.53. The van der Waals surface area contributed by atoms with E-state index in [9.17, 15) is 18.0 Å². The van der Waals surface area contributed by atoms with Crippen LogP contribution in [0.25, 0.3) is 0 Å². The highest BCUT2D eigenvalue weighted by molar-refractivity contribution is 7.89. The lowest BCUT2D eigenvalue weighted by Crippen LogP contribution is -2.65. The number of carbonyl (C=O) groups is 2. The zero-order chi connectivity index (χ0) is 27.2. The van der Waals surface area contributed by atoms with E-state index in [4.69, 9.17) is 4.74 Å². The molecule has 1 saturated carbocycles. The molecule has 0 bridgehead atoms. The van der Waals surface area contributed by atoms with Crippen LogP contribution in [0.15, 0.2) is 42.5 Å². The van der Waals surface area contributed by atoms with Gasteiger partial charge in [0.25, 0.3) is 0 Å². The van der Waals surface area contributed by atoms with Crippen molar-refractivity contribution in [1.29, 1.82) is 0 Å². The fourth-order valence-corrected chi connectivity index (χ4v) is 8.22. The summed E-state index contributed by atoms with van der Waals surface area (Å²) in [6, 6.07) is 10.4. The minimum absolute atomic E-state index is 0.0399. The summed E-state index contributed by atoms with van der Waals surface area (Å²) in [6.07, 6.45) is 1.10. The van der Waals surface area contributed by atoms with Gasteiger partial charge >= 0.3 is 5.97 Å². The normalized spacial score (nSPS) is 29.2. The van der Waals surface area contributed by atoms with E-state index in [1.807, 2.05) is 0 Å². The monoisotopic (exact) mass is 534 g/mol. The average molecular weight is 535 g/mol. The highest BCUT2D eigenvalue weighted by Crippen LogP contribution is 2.52. The highest BCUT2D eigenvalue weighted by atomic mass is 32.2. The number of hydrogen-bond donors (Lipinski definition) is 1. The van der Waals surface area contributed by atoms with E-state index < -0.39 is 49.9 Å². The van der Waals surface area contributed by atoms with E-state index >= 15 is 8.78 Å². The van der Waals surface area contributed by atoms with Crippen LogP contribution in [0.5, 0.6) is 0 Å². The van der Waals surface area contributed by atoms with E-state index in [-0.39, 0.29) is 36.4 Å². The van der Waals surface area contributed by atoms with E-state index in [0.717, 1.165) is 12.1 Å². The first-order chi connectivity index (χ1) is 17.3. The molecule has 1 amide bonds. The molecule has 2 atom stereocenters. The Morgan fingerprint density at radius 2 is 1.76 bits per heavy atom. The van der Waals surface area contributed by atoms with Crippen LogP contribution in [-0.4, -0.2) is 43.3 Å². The number of ether oxygens (including phenoxy) is 1. The molecule has 2 aromatic carbocycles. The second kappa shape index (κ2) is 9.79. The van der Waals surface area contributed by atoms with Gasteiger partial charge in [0.1, 0.15) is 22.3 Å². The average Bonchev–Trinajstić information content (AvgIpc) is 2.81. The summed E-state index contributed by atoms with van der Waals surface area (Å²) in [5.74, 6) is -2.65. The van der Waals surface area contributed by atoms with Gasteiger partial charge < -0.3 is 10.1 Å². The predicted molar refractivity (Wildman–Crippen MR) is 134 cm³/mol. The molecule has 0 aromatic heterocycles. The zero-order valence-corrected chi connectivity index (χ0v) is 22.2. The number of amides is 1. The highest BCUT2D eigenvalue weighted by Gasteiger charge is 2.60. The molecule has 2 aliphatic rings. The Labute approximate surface area is 216 Å². The van der Waals surface area contributed by atoms with Crippen LogP contribution in [0.4, 0.5) is 8.78 Å². The van der Waals surface area contributed by atoms with Gasteiger partial charge in [-0.3, -0.25) is 9.59 Å². The van der Waals surface area contributed by atoms with Crippen molar-refractivity contribution in [1.82, 2.24) is 9.62 Å². The van der Waals surface area contributed by atoms with Gasteiger partial charge in [0.15, 0.2) is 0 Å². The van der Waals surface area contributed by atoms with Crippen LogP contribution in [0, 0.1) is 11.6 Å². The third-order valence-corrected chi connectivity index (χ3v) is 9.98. The van der Waals surface area contributed by atoms with Crippen molar-refractivity contribution >= 4 is 21.9 Å². The van der Waals surface area contributed by atoms with Gasteiger partial charge in [0, 0.05) is 36.2 Å². The van der Waals surface area contributed by atoms with Crippen LogP contribution < -0.4 is 5.32 Å². The maximum atomic E-state index is 15.5. The Hall–Kier alpha value is -2.85. The molecule has 4 rings (SSSR count). The van der Waals surface area contributed by atoms with Crippen molar-refractivity contribution < 1.29 is 31.5 Å². The van der Waals surface area contributed by atoms with Crippen LogP contribution in [0.1, 0.15) is 68.4 Å². The first-order valence-electron chi connectivity index (χ1n) is 12.2. The number of methoxy groups -OCH3 is 1. The van der Waals surface area contributed by atoms with Gasteiger partial charge in [-0.15, -0.1) is 0 Å². The van der Waals surface area contributed by atoms with Gasteiger partial charge in [0.05, 0.1) is 7.11 Å². The molecule has 7 nitrogen and oxygen atoms in total. The van der Waals surface area contributed by atoms with Gasteiger partial charge in [-0.25, -0.2) is 17.2 Å². The van der Waals surface area contributed by atoms with E-state index in [0.29, 0.717) is 18.4 Å². The summed E-state index contributed by atoms with van der Waals surface area (Å²) in [7, 11) is -2.67. The largest absolute Gasteiger partial charge is 0.468 e. The van der Waals surface area contributed by atoms with E-state index in [1.165, 1.54) is 18.3 Å². The van der Waals surface area contributed by atoms with Gasteiger partial charge in [-0.2, -0.15) is 4.31 Å². The molecule has 0 spiro atoms. The lowest BCUT2D eigenvalue weighted by atomic mass is 9.54. The number of rotatable bonds is 6. The molecule has 2 aromatic rings. The zero-order valence-electron chi connectivity index (χ0n) is 21.4. The molecule has 1 aliphatic carbocycles. The summed E-state index contributed by atoms with van der Waals surface area (Å²) in [6.45, 7) is 4.50. The fourth-order valence-electron chi connectivity index (χ4n) is 6.03. The third kappa shape index (κ3) is 4.88. The molecule has 37 heavy (non-hydrogen) atoms. The van der Waals surface area contributed by atoms with Crippen molar-refractivity contribution in [3.05, 3.63) is 70.8 Å². The van der Waals surface area contributed by atoms with E-state index in [1.54, 1.807) is 44.2 Å². The number of hydrogen-bond acceptors (Lipinski definition) is 5. The molecule has 2 fully saturated rings. The van der Waals surface area contributed by atoms with Crippen molar-refractivity contribution in [2.45, 2.75) is 75.2 Å². The minimum Gasteiger partial charge on any atom is -0.468 e. The molecule has 1 N–H and O–H groups in total. The number of halogens is 2. The van der Waals surface area contributed by atoms with Crippen molar-refractivity contribution in [2.75, 3.05) is 7.11 Å². The summed E-state index contributed by atoms with van der Waals surface area (Å²) >= 11 is 0. The summed E-state index contributed by atoms with van der Waals surface area (Å²) in [5, 5.41) is 1.99. The Kier molecular flexibility index (Phi) is 7.20. The van der Waals surface area contributed by atoms with Crippen LogP contribution >= 0.6 is 0 Å². The third-order valence-electron chi connectivity index (χ3n) is 7.61. The van der Waals surface area contributed by atoms with E-state index in [2.05, 4.69) is 5.32 Å². The minimum atomic E-state index is -3.84. The van der Waals surface area contributed by atoms with Gasteiger partial charge in [-0.05, 0) is 57.2 Å². The molecule has 10 heteroatoms. The molecular weight excluding hydrogens is 502 g/mol. The molecule has 1 heterocycles. The van der Waals surface area contributed by atoms with Gasteiger partial charge in [-0.1, -0.05) is 30.3 Å². The SMILES string of the molecule is COC(=O)[C@]1(c2cc(F)c(CN3[C@@H](C)CC[C@H](c4ccccc4)S3(=O)=O)cc2F)C[C@@](C)(NC(C)=O)C1. The molecular formula is C27H32F2N2O5S. The van der Waals surface area contributed by atoms with Crippen LogP contribution in [-0.2, 0) is 36.3 Å². The summed E-state index contributed by atoms with van der Waals surface area (Å²) in [5.41, 5.74) is -1.85. The number of carbonyl (C=O) groups excluding carboxylic acids is 2. The number of benzene rings is 2. The van der Waals surface area contributed by atoms with Crippen molar-refractivity contribution in [3.63, 3.8) is 0 Å². The summed E-state index contributed by atoms with van der Waals surface area (Å²) < 4.78 is 64.1. The molecule has 200 valence electrons. The molecule has 0 unspecified atom stereocenters. The Morgan fingerprint density at radius 3 is 2.35 bits per heavy atom. The fraction of sp³-hybridized carbons (Fsp3) is 0.481. The Balaban J connectivity index is 1.65. The molecule has 0 radical (unpaired) electrons. The standard InChI is InChI=1S/C27H32F2N2O5S/c1-17-10-11-24(19-8-6-5-7-9-19)37(34,35)31(17)14-20-12-23(29)21(13-22(20)28)27(25(33)36-4)15-26(3,16-27)30-18(2)32/h5-9,12-13,17,24H,10-11,14-16H2,1-4H3,(H,30,32)/t17-,24+,26-,27-/m0/s1.